The van der Waals surface area contributed by atoms with Crippen molar-refractivity contribution in [3.8, 4) is 5.75 Å². The summed E-state index contributed by atoms with van der Waals surface area (Å²) in [6.07, 6.45) is 12.1. The predicted molar refractivity (Wildman–Crippen MR) is 127 cm³/mol. The summed E-state index contributed by atoms with van der Waals surface area (Å²) in [6, 6.07) is 2.56. The molecule has 3 fully saturated rings. The Labute approximate surface area is 200 Å². The van der Waals surface area contributed by atoms with E-state index in [1.165, 1.54) is 37.8 Å². The lowest BCUT2D eigenvalue weighted by atomic mass is 9.84. The normalized spacial score (nSPS) is 24.1. The van der Waals surface area contributed by atoms with Crippen molar-refractivity contribution in [3.63, 3.8) is 0 Å². The summed E-state index contributed by atoms with van der Waals surface area (Å²) in [5.74, 6) is 0.581. The van der Waals surface area contributed by atoms with Gasteiger partial charge < -0.3 is 20.1 Å². The number of hydrogen-bond acceptors (Lipinski definition) is 3. The van der Waals surface area contributed by atoms with E-state index < -0.39 is 11.9 Å². The molecule has 2 aliphatic carbocycles. The second-order valence-corrected chi connectivity index (χ2v) is 10.0. The van der Waals surface area contributed by atoms with Crippen LogP contribution in [0.4, 0.5) is 9.18 Å². The smallest absolute Gasteiger partial charge is 0.404 e. The number of benzene rings is 1. The zero-order chi connectivity index (χ0) is 22.9. The van der Waals surface area contributed by atoms with Crippen LogP contribution in [-0.4, -0.2) is 47.9 Å². The minimum Gasteiger partial charge on any atom is -0.487 e. The summed E-state index contributed by atoms with van der Waals surface area (Å²) in [6.45, 7) is 2.97. The Morgan fingerprint density at radius 2 is 1.59 bits per heavy atom. The molecule has 1 saturated heterocycles. The van der Waals surface area contributed by atoms with Gasteiger partial charge in [0.25, 0.3) is 0 Å². The number of ether oxygens (including phenoxy) is 1. The molecule has 1 aromatic rings. The quantitative estimate of drug-likeness (QED) is 0.464. The van der Waals surface area contributed by atoms with Crippen LogP contribution in [0, 0.1) is 11.7 Å². The molecule has 5 nitrogen and oxygen atoms in total. The van der Waals surface area contributed by atoms with Crippen LogP contribution in [0.25, 0.3) is 0 Å². The number of halogens is 3. The Morgan fingerprint density at radius 3 is 2.09 bits per heavy atom. The van der Waals surface area contributed by atoms with Gasteiger partial charge in [0.05, 0.1) is 10.0 Å². The highest BCUT2D eigenvalue weighted by Gasteiger charge is 2.25. The van der Waals surface area contributed by atoms with Crippen LogP contribution in [0.1, 0.15) is 70.6 Å². The number of nitrogens with zero attached hydrogens (tertiary/aromatic N) is 1. The summed E-state index contributed by atoms with van der Waals surface area (Å²) in [5, 5.41) is 11.8. The summed E-state index contributed by atoms with van der Waals surface area (Å²) in [7, 11) is 0. The maximum atomic E-state index is 13.3. The molecule has 2 N–H and O–H groups in total. The van der Waals surface area contributed by atoms with Crippen LogP contribution < -0.4 is 10.1 Å². The van der Waals surface area contributed by atoms with Crippen molar-refractivity contribution in [2.24, 2.45) is 5.92 Å². The van der Waals surface area contributed by atoms with Gasteiger partial charge in [-0.2, -0.15) is 0 Å². The number of piperidine rings is 1. The van der Waals surface area contributed by atoms with E-state index in [9.17, 15) is 9.18 Å². The van der Waals surface area contributed by atoms with E-state index in [4.69, 9.17) is 33.0 Å². The van der Waals surface area contributed by atoms with Gasteiger partial charge in [-0.25, -0.2) is 9.18 Å². The molecule has 32 heavy (non-hydrogen) atoms. The molecular formula is C24H35Cl2FN2O3. The van der Waals surface area contributed by atoms with Gasteiger partial charge in [0.2, 0.25) is 0 Å². The van der Waals surface area contributed by atoms with Crippen molar-refractivity contribution in [2.45, 2.75) is 82.8 Å². The highest BCUT2D eigenvalue weighted by molar-refractivity contribution is 6.37. The van der Waals surface area contributed by atoms with Crippen LogP contribution in [0.3, 0.4) is 0 Å². The Hall–Kier alpha value is -1.24. The first kappa shape index (κ1) is 25.4. The summed E-state index contributed by atoms with van der Waals surface area (Å²) >= 11 is 12.1. The zero-order valence-electron chi connectivity index (χ0n) is 18.6. The van der Waals surface area contributed by atoms with Gasteiger partial charge in [0.1, 0.15) is 11.9 Å². The fraction of sp³-hybridized carbons (Fsp3) is 0.708. The molecule has 1 aromatic carbocycles. The van der Waals surface area contributed by atoms with Crippen LogP contribution in [0.2, 0.25) is 10.0 Å². The molecule has 0 unspecified atom stereocenters. The molecule has 0 radical (unpaired) electrons. The lowest BCUT2D eigenvalue weighted by molar-refractivity contribution is 0.0949. The lowest BCUT2D eigenvalue weighted by Gasteiger charge is -2.34. The highest BCUT2D eigenvalue weighted by atomic mass is 35.5. The van der Waals surface area contributed by atoms with Crippen molar-refractivity contribution in [3.05, 3.63) is 28.0 Å². The average Bonchev–Trinajstić information content (AvgIpc) is 2.69. The third kappa shape index (κ3) is 8.27. The van der Waals surface area contributed by atoms with Crippen molar-refractivity contribution in [2.75, 3.05) is 19.6 Å². The SMILES string of the molecule is C1CCC1.O=C(O)N[C@H]1CC[C@H](CCN2CCC(Oc3c(Cl)cc(F)cc3Cl)CC2)CC1. The standard InChI is InChI=1S/C20H27Cl2FN2O3.C4H8/c21-17-11-14(23)12-18(22)19(17)28-16-6-9-25(10-7-16)8-5-13-1-3-15(4-2-13)24-20(26)27;1-2-4-3-1/h11-13,15-16,24H,1-10H2,(H,26,27);1-4H2/t13-,15-;. The summed E-state index contributed by atoms with van der Waals surface area (Å²) in [5.41, 5.74) is 0. The van der Waals surface area contributed by atoms with E-state index in [1.54, 1.807) is 0 Å². The van der Waals surface area contributed by atoms with Crippen LogP contribution in [0.5, 0.6) is 5.75 Å². The molecule has 1 heterocycles. The fourth-order valence-corrected chi connectivity index (χ4v) is 4.99. The number of likely N-dealkylation sites (tertiary alicyclic amines) is 1. The molecule has 0 spiro atoms. The number of carbonyl (C=O) groups is 1. The van der Waals surface area contributed by atoms with Crippen molar-refractivity contribution in [1.82, 2.24) is 10.2 Å². The van der Waals surface area contributed by atoms with Gasteiger partial charge >= 0.3 is 6.09 Å². The van der Waals surface area contributed by atoms with Gasteiger partial charge in [-0.15, -0.1) is 0 Å². The molecular weight excluding hydrogens is 454 g/mol. The first-order chi connectivity index (χ1) is 15.4. The number of nitrogens with one attached hydrogen (secondary N) is 1. The molecule has 180 valence electrons. The number of hydrogen-bond donors (Lipinski definition) is 2. The maximum absolute atomic E-state index is 13.3. The van der Waals surface area contributed by atoms with Crippen LogP contribution >= 0.6 is 23.2 Å². The maximum Gasteiger partial charge on any atom is 0.404 e. The largest absolute Gasteiger partial charge is 0.487 e. The second-order valence-electron chi connectivity index (χ2n) is 9.23. The molecule has 0 aromatic heterocycles. The second kappa shape index (κ2) is 12.9. The third-order valence-corrected chi connectivity index (χ3v) is 7.37. The van der Waals surface area contributed by atoms with E-state index >= 15 is 0 Å². The predicted octanol–water partition coefficient (Wildman–Crippen LogP) is 6.75. The molecule has 8 heteroatoms. The van der Waals surface area contributed by atoms with E-state index in [0.717, 1.165) is 64.6 Å². The van der Waals surface area contributed by atoms with Gasteiger partial charge in [0, 0.05) is 19.1 Å². The minimum atomic E-state index is -0.920. The molecule has 2 saturated carbocycles. The topological polar surface area (TPSA) is 61.8 Å². The van der Waals surface area contributed by atoms with Crippen molar-refractivity contribution >= 4 is 29.3 Å². The Morgan fingerprint density at radius 1 is 1.03 bits per heavy atom. The molecule has 3 aliphatic rings. The number of carboxylic acid groups (broad SMARTS) is 1. The van der Waals surface area contributed by atoms with E-state index in [2.05, 4.69) is 10.2 Å². The van der Waals surface area contributed by atoms with Gasteiger partial charge in [-0.05, 0) is 69.5 Å². The van der Waals surface area contributed by atoms with E-state index in [1.807, 2.05) is 0 Å². The Bertz CT molecular complexity index is 705. The molecule has 4 rings (SSSR count). The molecule has 1 aliphatic heterocycles. The zero-order valence-corrected chi connectivity index (χ0v) is 20.1. The van der Waals surface area contributed by atoms with Crippen LogP contribution in [-0.2, 0) is 0 Å². The third-order valence-electron chi connectivity index (χ3n) is 6.81. The molecule has 0 bridgehead atoms. The van der Waals surface area contributed by atoms with Gasteiger partial charge in [-0.1, -0.05) is 48.9 Å². The lowest BCUT2D eigenvalue weighted by Crippen LogP contribution is -2.40. The first-order valence-corrected chi connectivity index (χ1v) is 12.7. The van der Waals surface area contributed by atoms with Crippen molar-refractivity contribution in [1.29, 1.82) is 0 Å². The minimum absolute atomic E-state index is 0.0363. The van der Waals surface area contributed by atoms with Gasteiger partial charge in [-0.3, -0.25) is 0 Å². The summed E-state index contributed by atoms with van der Waals surface area (Å²) < 4.78 is 19.2. The van der Waals surface area contributed by atoms with E-state index in [-0.39, 0.29) is 22.2 Å². The molecule has 0 atom stereocenters. The first-order valence-electron chi connectivity index (χ1n) is 11.9. The van der Waals surface area contributed by atoms with E-state index in [0.29, 0.717) is 11.7 Å². The van der Waals surface area contributed by atoms with Gasteiger partial charge in [0.15, 0.2) is 5.75 Å². The average molecular weight is 489 g/mol. The number of amides is 1. The van der Waals surface area contributed by atoms with Crippen molar-refractivity contribution < 1.29 is 19.0 Å². The monoisotopic (exact) mass is 488 g/mol. The Balaban J connectivity index is 0.000000650. The fourth-order valence-electron chi connectivity index (χ4n) is 4.44. The highest BCUT2D eigenvalue weighted by Crippen LogP contribution is 2.35. The van der Waals surface area contributed by atoms with Crippen LogP contribution in [0.15, 0.2) is 12.1 Å². The number of rotatable bonds is 6. The molecule has 1 amide bonds. The summed E-state index contributed by atoms with van der Waals surface area (Å²) in [4.78, 5) is 13.2. The Kier molecular flexibility index (Phi) is 10.2.